The first kappa shape index (κ1) is 18.7. The zero-order valence-electron chi connectivity index (χ0n) is 12.9. The molecule has 0 aliphatic rings. The number of ether oxygens (including phenoxy) is 3. The number of nitrogens with zero attached hydrogens (tertiary/aromatic N) is 1. The van der Waals surface area contributed by atoms with Gasteiger partial charge in [0.15, 0.2) is 0 Å². The van der Waals surface area contributed by atoms with Crippen molar-refractivity contribution in [3.63, 3.8) is 0 Å². The third-order valence-electron chi connectivity index (χ3n) is 2.70. The van der Waals surface area contributed by atoms with Crippen molar-refractivity contribution in [3.8, 4) is 0 Å². The highest BCUT2D eigenvalue weighted by molar-refractivity contribution is 5.77. The summed E-state index contributed by atoms with van der Waals surface area (Å²) in [4.78, 5) is 24.1. The van der Waals surface area contributed by atoms with E-state index < -0.39 is 12.1 Å². The van der Waals surface area contributed by atoms with Gasteiger partial charge in [0.05, 0.1) is 13.2 Å². The van der Waals surface area contributed by atoms with Crippen LogP contribution < -0.4 is 0 Å². The second-order valence-corrected chi connectivity index (χ2v) is 4.60. The number of carbonyl (C=O) groups is 2. The number of methoxy groups -OCH3 is 1. The smallest absolute Gasteiger partial charge is 0.410 e. The van der Waals surface area contributed by atoms with E-state index in [1.165, 1.54) is 38.3 Å². The number of rotatable bonds is 11. The fourth-order valence-corrected chi connectivity index (χ4v) is 1.52. The molecule has 0 spiro atoms. The Kier molecular flexibility index (Phi) is 11.9. The molecule has 0 N–H and O–H groups in total. The number of hydrogen-bond acceptors (Lipinski definition) is 5. The summed E-state index contributed by atoms with van der Waals surface area (Å²) < 4.78 is 14.7. The minimum atomic E-state index is -0.554. The monoisotopic (exact) mass is 289 g/mol. The molecule has 20 heavy (non-hydrogen) atoms. The number of carbonyl (C=O) groups excluding carboxylic acids is 2. The molecule has 0 bridgehead atoms. The van der Waals surface area contributed by atoms with Crippen molar-refractivity contribution >= 4 is 12.1 Å². The highest BCUT2D eigenvalue weighted by Crippen LogP contribution is 2.02. The Morgan fingerprint density at radius 3 is 2.30 bits per heavy atom. The van der Waals surface area contributed by atoms with Gasteiger partial charge < -0.3 is 19.1 Å². The van der Waals surface area contributed by atoms with Crippen LogP contribution in [-0.4, -0.2) is 57.5 Å². The maximum absolute atomic E-state index is 11.5. The van der Waals surface area contributed by atoms with Crippen molar-refractivity contribution in [1.82, 2.24) is 4.90 Å². The first-order chi connectivity index (χ1) is 9.61. The molecule has 0 aromatic rings. The summed E-state index contributed by atoms with van der Waals surface area (Å²) in [5, 5.41) is 0. The first-order valence-corrected chi connectivity index (χ1v) is 7.14. The van der Waals surface area contributed by atoms with E-state index in [1.807, 2.05) is 0 Å². The number of hydrogen-bond donors (Lipinski definition) is 0. The molecule has 0 saturated heterocycles. The Morgan fingerprint density at radius 1 is 0.950 bits per heavy atom. The van der Waals surface area contributed by atoms with Gasteiger partial charge in [-0.2, -0.15) is 0 Å². The molecule has 0 unspecified atom stereocenters. The Labute approximate surface area is 121 Å². The Balaban J connectivity index is 3.60. The SMILES string of the molecule is CCCCCCCOC(=O)CN(C)C(=O)OCCOC. The molecule has 0 atom stereocenters. The zero-order chi connectivity index (χ0) is 15.2. The van der Waals surface area contributed by atoms with E-state index in [4.69, 9.17) is 14.2 Å². The standard InChI is InChI=1S/C14H27NO5/c1-4-5-6-7-8-9-19-13(16)12-15(2)14(17)20-11-10-18-3/h4-12H2,1-3H3. The average molecular weight is 289 g/mol. The summed E-state index contributed by atoms with van der Waals surface area (Å²) in [6.07, 6.45) is 4.95. The van der Waals surface area contributed by atoms with Gasteiger partial charge in [-0.1, -0.05) is 32.6 Å². The highest BCUT2D eigenvalue weighted by atomic mass is 16.6. The van der Waals surface area contributed by atoms with Gasteiger partial charge in [-0.05, 0) is 6.42 Å². The fraction of sp³-hybridized carbons (Fsp3) is 0.857. The van der Waals surface area contributed by atoms with E-state index in [9.17, 15) is 9.59 Å². The molecule has 6 heteroatoms. The largest absolute Gasteiger partial charge is 0.464 e. The lowest BCUT2D eigenvalue weighted by Crippen LogP contribution is -2.34. The summed E-state index contributed by atoms with van der Waals surface area (Å²) in [6, 6.07) is 0. The fourth-order valence-electron chi connectivity index (χ4n) is 1.52. The molecule has 0 saturated carbocycles. The average Bonchev–Trinajstić information content (AvgIpc) is 2.42. The second kappa shape index (κ2) is 12.7. The summed E-state index contributed by atoms with van der Waals surface area (Å²) >= 11 is 0. The molecule has 0 radical (unpaired) electrons. The van der Waals surface area contributed by atoms with Crippen LogP contribution in [0.25, 0.3) is 0 Å². The minimum absolute atomic E-state index is 0.0965. The van der Waals surface area contributed by atoms with E-state index >= 15 is 0 Å². The Hall–Kier alpha value is -1.30. The van der Waals surface area contributed by atoms with Crippen LogP contribution in [0.3, 0.4) is 0 Å². The lowest BCUT2D eigenvalue weighted by atomic mass is 10.2. The van der Waals surface area contributed by atoms with Crippen LogP contribution in [0.2, 0.25) is 0 Å². The highest BCUT2D eigenvalue weighted by Gasteiger charge is 2.14. The molecule has 0 fully saturated rings. The van der Waals surface area contributed by atoms with Gasteiger partial charge >= 0.3 is 12.1 Å². The second-order valence-electron chi connectivity index (χ2n) is 4.60. The zero-order valence-corrected chi connectivity index (χ0v) is 12.9. The van der Waals surface area contributed by atoms with Gasteiger partial charge in [-0.25, -0.2) is 4.79 Å². The third kappa shape index (κ3) is 10.6. The Bertz CT molecular complexity index is 270. The molecule has 0 aromatic carbocycles. The van der Waals surface area contributed by atoms with Gasteiger partial charge in [-0.15, -0.1) is 0 Å². The van der Waals surface area contributed by atoms with Crippen LogP contribution in [-0.2, 0) is 19.0 Å². The molecule has 6 nitrogen and oxygen atoms in total. The van der Waals surface area contributed by atoms with E-state index in [-0.39, 0.29) is 13.2 Å². The number of unbranched alkanes of at least 4 members (excludes halogenated alkanes) is 4. The molecule has 0 heterocycles. The quantitative estimate of drug-likeness (QED) is 0.431. The van der Waals surface area contributed by atoms with Gasteiger partial charge in [-0.3, -0.25) is 4.79 Å². The van der Waals surface area contributed by atoms with Crippen molar-refractivity contribution in [1.29, 1.82) is 0 Å². The summed E-state index contributed by atoms with van der Waals surface area (Å²) in [7, 11) is 3.02. The molecule has 1 amide bonds. The molecular formula is C14H27NO5. The molecule has 0 aromatic heterocycles. The number of likely N-dealkylation sites (N-methyl/N-ethyl adjacent to an activating group) is 1. The minimum Gasteiger partial charge on any atom is -0.464 e. The van der Waals surface area contributed by atoms with E-state index in [2.05, 4.69) is 6.92 Å². The van der Waals surface area contributed by atoms with Crippen LogP contribution in [0.4, 0.5) is 4.79 Å². The molecular weight excluding hydrogens is 262 g/mol. The first-order valence-electron chi connectivity index (χ1n) is 7.14. The Morgan fingerprint density at radius 2 is 1.65 bits per heavy atom. The van der Waals surface area contributed by atoms with Crippen LogP contribution in [0, 0.1) is 0 Å². The van der Waals surface area contributed by atoms with Gasteiger partial charge in [0.1, 0.15) is 13.2 Å². The van der Waals surface area contributed by atoms with Gasteiger partial charge in [0.25, 0.3) is 0 Å². The van der Waals surface area contributed by atoms with Crippen molar-refractivity contribution in [2.24, 2.45) is 0 Å². The normalized spacial score (nSPS) is 10.2. The molecule has 0 aliphatic heterocycles. The van der Waals surface area contributed by atoms with Gasteiger partial charge in [0, 0.05) is 14.2 Å². The van der Waals surface area contributed by atoms with E-state index in [1.54, 1.807) is 0 Å². The maximum atomic E-state index is 11.5. The van der Waals surface area contributed by atoms with Crippen molar-refractivity contribution in [2.45, 2.75) is 39.0 Å². The maximum Gasteiger partial charge on any atom is 0.410 e. The van der Waals surface area contributed by atoms with Crippen LogP contribution in [0.5, 0.6) is 0 Å². The van der Waals surface area contributed by atoms with Crippen LogP contribution in [0.15, 0.2) is 0 Å². The van der Waals surface area contributed by atoms with Crippen molar-refractivity contribution in [3.05, 3.63) is 0 Å². The molecule has 118 valence electrons. The lowest BCUT2D eigenvalue weighted by Gasteiger charge is -2.16. The predicted octanol–water partition coefficient (Wildman–Crippen LogP) is 2.21. The summed E-state index contributed by atoms with van der Waals surface area (Å²) in [5.41, 5.74) is 0. The van der Waals surface area contributed by atoms with Crippen molar-refractivity contribution in [2.75, 3.05) is 40.5 Å². The van der Waals surface area contributed by atoms with Crippen molar-refractivity contribution < 1.29 is 23.8 Å². The van der Waals surface area contributed by atoms with E-state index in [0.717, 1.165) is 12.8 Å². The lowest BCUT2D eigenvalue weighted by molar-refractivity contribution is -0.144. The molecule has 0 aliphatic carbocycles. The van der Waals surface area contributed by atoms with Crippen LogP contribution >= 0.6 is 0 Å². The van der Waals surface area contributed by atoms with E-state index in [0.29, 0.717) is 13.2 Å². The summed E-state index contributed by atoms with van der Waals surface area (Å²) in [6.45, 7) is 2.98. The predicted molar refractivity (Wildman–Crippen MR) is 75.6 cm³/mol. The van der Waals surface area contributed by atoms with Gasteiger partial charge in [0.2, 0.25) is 0 Å². The molecule has 0 rings (SSSR count). The third-order valence-corrected chi connectivity index (χ3v) is 2.70. The number of esters is 1. The summed E-state index contributed by atoms with van der Waals surface area (Å²) in [5.74, 6) is -0.410. The topological polar surface area (TPSA) is 65.1 Å². The van der Waals surface area contributed by atoms with Crippen LogP contribution in [0.1, 0.15) is 39.0 Å². The number of amides is 1.